The molecule has 0 heterocycles. The Balaban J connectivity index is 5.52. The summed E-state index contributed by atoms with van der Waals surface area (Å²) in [4.78, 5) is 70.7. The fraction of sp³-hybridized carbons (Fsp3) is 0.684. The van der Waals surface area contributed by atoms with Gasteiger partial charge in [-0.15, -0.1) is 0 Å². The van der Waals surface area contributed by atoms with Crippen molar-refractivity contribution in [1.82, 2.24) is 16.0 Å². The minimum Gasteiger partial charge on any atom is -0.481 e. The van der Waals surface area contributed by atoms with Crippen LogP contribution in [0.4, 0.5) is 0 Å². The van der Waals surface area contributed by atoms with Gasteiger partial charge in [-0.3, -0.25) is 24.0 Å². The molecule has 0 rings (SSSR count). The summed E-state index contributed by atoms with van der Waals surface area (Å²) < 4.78 is 0. The van der Waals surface area contributed by atoms with Crippen LogP contribution in [0.15, 0.2) is 0 Å². The predicted octanol–water partition coefficient (Wildman–Crippen LogP) is -1.95. The molecule has 182 valence electrons. The van der Waals surface area contributed by atoms with E-state index in [0.29, 0.717) is 6.42 Å². The van der Waals surface area contributed by atoms with E-state index in [0.717, 1.165) is 0 Å². The summed E-state index contributed by atoms with van der Waals surface area (Å²) in [7, 11) is 0. The fourth-order valence-corrected chi connectivity index (χ4v) is 2.60. The molecule has 0 spiro atoms. The van der Waals surface area contributed by atoms with Crippen LogP contribution in [0.25, 0.3) is 0 Å². The number of amides is 4. The highest BCUT2D eigenvalue weighted by molar-refractivity contribution is 5.94. The van der Waals surface area contributed by atoms with E-state index in [2.05, 4.69) is 16.0 Å². The van der Waals surface area contributed by atoms with Gasteiger partial charge in [0.15, 0.2) is 0 Å². The molecule has 0 aliphatic carbocycles. The third-order valence-corrected chi connectivity index (χ3v) is 4.78. The molecule has 0 radical (unpaired) electrons. The number of carboxylic acids is 2. The molecule has 0 aromatic rings. The van der Waals surface area contributed by atoms with Gasteiger partial charge in [0.1, 0.15) is 18.1 Å². The van der Waals surface area contributed by atoms with Crippen molar-refractivity contribution >= 4 is 35.6 Å². The van der Waals surface area contributed by atoms with Crippen LogP contribution in [0.5, 0.6) is 0 Å². The molecule has 5 atom stereocenters. The van der Waals surface area contributed by atoms with Gasteiger partial charge in [0.25, 0.3) is 0 Å². The lowest BCUT2D eigenvalue weighted by atomic mass is 9.96. The van der Waals surface area contributed by atoms with Crippen molar-refractivity contribution in [1.29, 1.82) is 0 Å². The molecular formula is C19H33N5O8. The molecule has 0 saturated heterocycles. The Bertz CT molecular complexity index is 712. The van der Waals surface area contributed by atoms with Gasteiger partial charge in [0, 0.05) is 12.8 Å². The molecule has 0 bridgehead atoms. The van der Waals surface area contributed by atoms with Gasteiger partial charge in [0.05, 0.1) is 6.04 Å². The molecule has 0 aliphatic rings. The SMILES string of the molecule is CCC(C)C(NC(=O)C(CCC(=O)O)NC(=O)C(C)N)C(=O)NC(CCC(N)=O)C(=O)O. The van der Waals surface area contributed by atoms with Crippen molar-refractivity contribution < 1.29 is 39.0 Å². The summed E-state index contributed by atoms with van der Waals surface area (Å²) in [5, 5.41) is 25.3. The first-order valence-corrected chi connectivity index (χ1v) is 10.2. The normalized spacial score (nSPS) is 15.4. The highest BCUT2D eigenvalue weighted by atomic mass is 16.4. The van der Waals surface area contributed by atoms with E-state index in [1.54, 1.807) is 13.8 Å². The zero-order valence-corrected chi connectivity index (χ0v) is 18.4. The Labute approximate surface area is 185 Å². The second kappa shape index (κ2) is 14.0. The molecule has 5 unspecified atom stereocenters. The lowest BCUT2D eigenvalue weighted by Gasteiger charge is -2.27. The standard InChI is InChI=1S/C19H33N5O8/c1-4-9(2)15(18(30)23-12(19(31)32)5-7-13(21)25)24-17(29)11(6-8-14(26)27)22-16(28)10(3)20/h9-12,15H,4-8,20H2,1-3H3,(H2,21,25)(H,22,28)(H,23,30)(H,24,29)(H,26,27)(H,31,32). The minimum atomic E-state index is -1.40. The van der Waals surface area contributed by atoms with E-state index in [1.165, 1.54) is 6.92 Å². The van der Waals surface area contributed by atoms with Crippen LogP contribution < -0.4 is 27.4 Å². The summed E-state index contributed by atoms with van der Waals surface area (Å²) in [6, 6.07) is -4.80. The first-order chi connectivity index (χ1) is 14.8. The summed E-state index contributed by atoms with van der Waals surface area (Å²) >= 11 is 0. The molecule has 13 nitrogen and oxygen atoms in total. The highest BCUT2D eigenvalue weighted by Gasteiger charge is 2.32. The monoisotopic (exact) mass is 459 g/mol. The minimum absolute atomic E-state index is 0.233. The Hall–Kier alpha value is -3.22. The summed E-state index contributed by atoms with van der Waals surface area (Å²) in [6.45, 7) is 4.78. The largest absolute Gasteiger partial charge is 0.481 e. The van der Waals surface area contributed by atoms with E-state index >= 15 is 0 Å². The number of carbonyl (C=O) groups is 6. The number of carboxylic acid groups (broad SMARTS) is 2. The van der Waals surface area contributed by atoms with Crippen LogP contribution in [0.1, 0.15) is 52.9 Å². The number of hydrogen-bond donors (Lipinski definition) is 7. The van der Waals surface area contributed by atoms with Crippen LogP contribution in [0, 0.1) is 5.92 Å². The van der Waals surface area contributed by atoms with E-state index < -0.39 is 72.1 Å². The number of hydrogen-bond acceptors (Lipinski definition) is 7. The molecular weight excluding hydrogens is 426 g/mol. The van der Waals surface area contributed by atoms with Crippen LogP contribution >= 0.6 is 0 Å². The molecule has 0 aliphatic heterocycles. The van der Waals surface area contributed by atoms with Crippen molar-refractivity contribution in [3.8, 4) is 0 Å². The lowest BCUT2D eigenvalue weighted by molar-refractivity contribution is -0.143. The zero-order valence-electron chi connectivity index (χ0n) is 18.4. The van der Waals surface area contributed by atoms with Gasteiger partial charge >= 0.3 is 11.9 Å². The van der Waals surface area contributed by atoms with Crippen LogP contribution in [0.2, 0.25) is 0 Å². The third-order valence-electron chi connectivity index (χ3n) is 4.78. The van der Waals surface area contributed by atoms with Crippen LogP contribution in [-0.4, -0.2) is 69.9 Å². The average molecular weight is 460 g/mol. The maximum Gasteiger partial charge on any atom is 0.326 e. The first-order valence-electron chi connectivity index (χ1n) is 10.2. The number of aliphatic carboxylic acids is 2. The van der Waals surface area contributed by atoms with Crippen molar-refractivity contribution in [3.05, 3.63) is 0 Å². The molecule has 32 heavy (non-hydrogen) atoms. The summed E-state index contributed by atoms with van der Waals surface area (Å²) in [5.74, 6) is -6.04. The predicted molar refractivity (Wildman–Crippen MR) is 112 cm³/mol. The van der Waals surface area contributed by atoms with Gasteiger partial charge in [0.2, 0.25) is 23.6 Å². The van der Waals surface area contributed by atoms with E-state index in [9.17, 15) is 33.9 Å². The molecule has 0 aromatic carbocycles. The maximum absolute atomic E-state index is 12.8. The smallest absolute Gasteiger partial charge is 0.326 e. The van der Waals surface area contributed by atoms with Crippen molar-refractivity contribution in [2.45, 2.75) is 77.0 Å². The Morgan fingerprint density at radius 2 is 1.34 bits per heavy atom. The molecule has 0 aromatic heterocycles. The molecule has 4 amide bonds. The Kier molecular flexibility index (Phi) is 12.6. The molecule has 0 saturated carbocycles. The van der Waals surface area contributed by atoms with Gasteiger partial charge < -0.3 is 37.6 Å². The third kappa shape index (κ3) is 10.7. The van der Waals surface area contributed by atoms with Crippen molar-refractivity contribution in [2.24, 2.45) is 17.4 Å². The summed E-state index contributed by atoms with van der Waals surface area (Å²) in [6.07, 6.45) is -0.735. The molecule has 0 fully saturated rings. The maximum atomic E-state index is 12.8. The van der Waals surface area contributed by atoms with E-state index in [4.69, 9.17) is 16.6 Å². The van der Waals surface area contributed by atoms with Crippen molar-refractivity contribution in [2.75, 3.05) is 0 Å². The number of nitrogens with one attached hydrogen (secondary N) is 3. The average Bonchev–Trinajstić information content (AvgIpc) is 2.70. The second-order valence-corrected chi connectivity index (χ2v) is 7.56. The molecule has 9 N–H and O–H groups in total. The molecule has 13 heteroatoms. The number of nitrogens with two attached hydrogens (primary N) is 2. The first kappa shape index (κ1) is 28.8. The van der Waals surface area contributed by atoms with Gasteiger partial charge in [-0.1, -0.05) is 20.3 Å². The Morgan fingerprint density at radius 3 is 1.78 bits per heavy atom. The number of rotatable bonds is 15. The quantitative estimate of drug-likeness (QED) is 0.144. The van der Waals surface area contributed by atoms with Crippen LogP contribution in [0.3, 0.4) is 0 Å². The van der Waals surface area contributed by atoms with Gasteiger partial charge in [-0.2, -0.15) is 0 Å². The van der Waals surface area contributed by atoms with E-state index in [1.807, 2.05) is 0 Å². The Morgan fingerprint density at radius 1 is 0.812 bits per heavy atom. The summed E-state index contributed by atoms with van der Waals surface area (Å²) in [5.41, 5.74) is 10.5. The topological polar surface area (TPSA) is 231 Å². The van der Waals surface area contributed by atoms with Crippen molar-refractivity contribution in [3.63, 3.8) is 0 Å². The zero-order chi connectivity index (χ0) is 25.0. The fourth-order valence-electron chi connectivity index (χ4n) is 2.60. The van der Waals surface area contributed by atoms with Crippen LogP contribution in [-0.2, 0) is 28.8 Å². The number of primary amides is 1. The van der Waals surface area contributed by atoms with Gasteiger partial charge in [-0.05, 0) is 25.7 Å². The second-order valence-electron chi connectivity index (χ2n) is 7.56. The van der Waals surface area contributed by atoms with Gasteiger partial charge in [-0.25, -0.2) is 4.79 Å². The number of carbonyl (C=O) groups excluding carboxylic acids is 4. The van der Waals surface area contributed by atoms with E-state index in [-0.39, 0.29) is 19.3 Å². The lowest BCUT2D eigenvalue weighted by Crippen LogP contribution is -2.58. The highest BCUT2D eigenvalue weighted by Crippen LogP contribution is 2.11.